The van der Waals surface area contributed by atoms with Crippen LogP contribution in [0, 0.1) is 0 Å². The highest BCUT2D eigenvalue weighted by molar-refractivity contribution is 7.89. The lowest BCUT2D eigenvalue weighted by Gasteiger charge is -2.30. The van der Waals surface area contributed by atoms with E-state index < -0.39 is 10.0 Å². The quantitative estimate of drug-likeness (QED) is 0.765. The van der Waals surface area contributed by atoms with E-state index in [1.807, 2.05) is 0 Å². The number of aryl methyl sites for hydroxylation is 2. The van der Waals surface area contributed by atoms with E-state index in [1.54, 1.807) is 19.2 Å². The van der Waals surface area contributed by atoms with Gasteiger partial charge in [0.1, 0.15) is 0 Å². The van der Waals surface area contributed by atoms with Gasteiger partial charge in [0.15, 0.2) is 5.13 Å². The monoisotopic (exact) mass is 433 g/mol. The number of rotatable bonds is 5. The van der Waals surface area contributed by atoms with Gasteiger partial charge in [-0.3, -0.25) is 10.1 Å². The molecule has 1 heterocycles. The second kappa shape index (κ2) is 8.53. The van der Waals surface area contributed by atoms with Gasteiger partial charge >= 0.3 is 0 Å². The van der Waals surface area contributed by atoms with Crippen LogP contribution in [0.15, 0.2) is 29.2 Å². The van der Waals surface area contributed by atoms with E-state index in [-0.39, 0.29) is 16.8 Å². The van der Waals surface area contributed by atoms with Gasteiger partial charge in [-0.15, -0.1) is 11.3 Å². The lowest BCUT2D eigenvalue weighted by atomic mass is 9.96. The van der Waals surface area contributed by atoms with E-state index in [0.717, 1.165) is 50.6 Å². The van der Waals surface area contributed by atoms with Crippen LogP contribution in [-0.2, 0) is 22.9 Å². The van der Waals surface area contributed by atoms with Crippen LogP contribution in [0.2, 0.25) is 0 Å². The molecule has 156 valence electrons. The summed E-state index contributed by atoms with van der Waals surface area (Å²) in [5.41, 5.74) is 1.53. The summed E-state index contributed by atoms with van der Waals surface area (Å²) >= 11 is 1.54. The molecule has 4 rings (SSSR count). The van der Waals surface area contributed by atoms with Crippen LogP contribution >= 0.6 is 11.3 Å². The Hall–Kier alpha value is -1.77. The van der Waals surface area contributed by atoms with Gasteiger partial charge in [-0.25, -0.2) is 13.4 Å². The first-order valence-corrected chi connectivity index (χ1v) is 12.6. The number of nitrogens with zero attached hydrogens (tertiary/aromatic N) is 2. The third-order valence-electron chi connectivity index (χ3n) is 5.95. The number of sulfonamides is 1. The topological polar surface area (TPSA) is 79.4 Å². The Morgan fingerprint density at radius 3 is 2.45 bits per heavy atom. The number of carbonyl (C=O) groups excluding carboxylic acids is 1. The van der Waals surface area contributed by atoms with Crippen molar-refractivity contribution in [1.29, 1.82) is 0 Å². The van der Waals surface area contributed by atoms with Gasteiger partial charge in [0.05, 0.1) is 10.6 Å². The molecule has 0 bridgehead atoms. The van der Waals surface area contributed by atoms with Gasteiger partial charge in [0, 0.05) is 23.5 Å². The van der Waals surface area contributed by atoms with E-state index in [4.69, 9.17) is 0 Å². The molecule has 0 radical (unpaired) electrons. The number of anilines is 1. The largest absolute Gasteiger partial charge is 0.298 e. The van der Waals surface area contributed by atoms with Crippen LogP contribution in [0.1, 0.15) is 65.9 Å². The lowest BCUT2D eigenvalue weighted by Crippen LogP contribution is -2.38. The summed E-state index contributed by atoms with van der Waals surface area (Å²) in [6.45, 7) is 0. The third kappa shape index (κ3) is 4.39. The molecular weight excluding hydrogens is 406 g/mol. The molecule has 1 aromatic carbocycles. The molecule has 2 aromatic rings. The van der Waals surface area contributed by atoms with Crippen LogP contribution in [0.5, 0.6) is 0 Å². The Labute approximate surface area is 176 Å². The number of amides is 1. The summed E-state index contributed by atoms with van der Waals surface area (Å²) in [6.07, 6.45) is 9.47. The molecule has 2 aliphatic carbocycles. The molecule has 0 saturated heterocycles. The highest BCUT2D eigenvalue weighted by Crippen LogP contribution is 2.30. The van der Waals surface area contributed by atoms with Crippen molar-refractivity contribution in [3.8, 4) is 0 Å². The van der Waals surface area contributed by atoms with Gasteiger partial charge in [-0.1, -0.05) is 19.3 Å². The molecular formula is C21H27N3O3S2. The van der Waals surface area contributed by atoms with Crippen molar-refractivity contribution in [2.75, 3.05) is 12.4 Å². The number of hydrogen-bond acceptors (Lipinski definition) is 5. The Kier molecular flexibility index (Phi) is 6.03. The molecule has 1 fully saturated rings. The van der Waals surface area contributed by atoms with Crippen LogP contribution in [0.25, 0.3) is 0 Å². The SMILES string of the molecule is CN(C1CCCCC1)S(=O)(=O)c1ccc(C(=O)Nc2nc3c(s2)CCCC3)cc1. The summed E-state index contributed by atoms with van der Waals surface area (Å²) in [5, 5.41) is 3.48. The molecule has 0 aliphatic heterocycles. The Morgan fingerprint density at radius 1 is 1.07 bits per heavy atom. The lowest BCUT2D eigenvalue weighted by molar-refractivity contribution is 0.102. The second-order valence-electron chi connectivity index (χ2n) is 7.89. The van der Waals surface area contributed by atoms with Crippen molar-refractivity contribution >= 4 is 32.4 Å². The normalized spacial score (nSPS) is 17.9. The maximum Gasteiger partial charge on any atom is 0.257 e. The minimum absolute atomic E-state index is 0.0626. The Morgan fingerprint density at radius 2 is 1.76 bits per heavy atom. The van der Waals surface area contributed by atoms with Crippen LogP contribution in [0.3, 0.4) is 0 Å². The number of nitrogens with one attached hydrogen (secondary N) is 1. The van der Waals surface area contributed by atoms with Crippen molar-refractivity contribution in [2.45, 2.75) is 68.7 Å². The van der Waals surface area contributed by atoms with Crippen molar-refractivity contribution < 1.29 is 13.2 Å². The number of fused-ring (bicyclic) bond motifs is 1. The summed E-state index contributed by atoms with van der Waals surface area (Å²) in [4.78, 5) is 18.6. The number of thiazole rings is 1. The summed E-state index contributed by atoms with van der Waals surface area (Å²) in [5.74, 6) is -0.263. The van der Waals surface area contributed by atoms with Gasteiger partial charge < -0.3 is 0 Å². The molecule has 1 saturated carbocycles. The van der Waals surface area contributed by atoms with E-state index in [0.29, 0.717) is 10.7 Å². The highest BCUT2D eigenvalue weighted by atomic mass is 32.2. The first-order chi connectivity index (χ1) is 13.9. The molecule has 8 heteroatoms. The number of aromatic nitrogens is 1. The number of benzene rings is 1. The maximum atomic E-state index is 12.9. The molecule has 1 aromatic heterocycles. The highest BCUT2D eigenvalue weighted by Gasteiger charge is 2.29. The fraction of sp³-hybridized carbons (Fsp3) is 0.524. The van der Waals surface area contributed by atoms with Gasteiger partial charge in [-0.2, -0.15) is 4.31 Å². The Bertz CT molecular complexity index is 954. The minimum Gasteiger partial charge on any atom is -0.298 e. The minimum atomic E-state index is -3.55. The molecule has 0 spiro atoms. The third-order valence-corrected chi connectivity index (χ3v) is 8.95. The van der Waals surface area contributed by atoms with Crippen molar-refractivity contribution in [3.05, 3.63) is 40.4 Å². The summed E-state index contributed by atoms with van der Waals surface area (Å²) in [6, 6.07) is 6.26. The van der Waals surface area contributed by atoms with E-state index in [9.17, 15) is 13.2 Å². The fourth-order valence-corrected chi connectivity index (χ4v) is 6.62. The zero-order valence-electron chi connectivity index (χ0n) is 16.7. The Balaban J connectivity index is 1.45. The predicted octanol–water partition coefficient (Wildman–Crippen LogP) is 4.23. The number of hydrogen-bond donors (Lipinski definition) is 1. The first-order valence-electron chi connectivity index (χ1n) is 10.3. The van der Waals surface area contributed by atoms with Crippen LogP contribution in [-0.4, -0.2) is 36.7 Å². The van der Waals surface area contributed by atoms with E-state index in [1.165, 1.54) is 45.5 Å². The standard InChI is InChI=1S/C21H27N3O3S2/c1-24(16-7-3-2-4-8-16)29(26,27)17-13-11-15(12-14-17)20(25)23-21-22-18-9-5-6-10-19(18)28-21/h11-14,16H,2-10H2,1H3,(H,22,23,25). The average molecular weight is 434 g/mol. The summed E-state index contributed by atoms with van der Waals surface area (Å²) in [7, 11) is -1.89. The molecule has 1 N–H and O–H groups in total. The molecule has 0 atom stereocenters. The molecule has 6 nitrogen and oxygen atoms in total. The second-order valence-corrected chi connectivity index (χ2v) is 11.0. The zero-order valence-corrected chi connectivity index (χ0v) is 18.3. The van der Waals surface area contributed by atoms with Crippen LogP contribution in [0.4, 0.5) is 5.13 Å². The molecule has 0 unspecified atom stereocenters. The van der Waals surface area contributed by atoms with Crippen molar-refractivity contribution in [2.24, 2.45) is 0 Å². The maximum absolute atomic E-state index is 12.9. The number of carbonyl (C=O) groups is 1. The van der Waals surface area contributed by atoms with Gasteiger partial charge in [0.2, 0.25) is 10.0 Å². The van der Waals surface area contributed by atoms with Crippen molar-refractivity contribution in [3.63, 3.8) is 0 Å². The van der Waals surface area contributed by atoms with E-state index >= 15 is 0 Å². The fourth-order valence-electron chi connectivity index (χ4n) is 4.16. The summed E-state index contributed by atoms with van der Waals surface area (Å²) < 4.78 is 27.4. The van der Waals surface area contributed by atoms with Gasteiger partial charge in [-0.05, 0) is 62.8 Å². The van der Waals surface area contributed by atoms with E-state index in [2.05, 4.69) is 10.3 Å². The zero-order chi connectivity index (χ0) is 20.4. The average Bonchev–Trinajstić information content (AvgIpc) is 3.16. The molecule has 2 aliphatic rings. The molecule has 29 heavy (non-hydrogen) atoms. The first kappa shape index (κ1) is 20.5. The molecule has 1 amide bonds. The van der Waals surface area contributed by atoms with Crippen LogP contribution < -0.4 is 5.32 Å². The predicted molar refractivity (Wildman–Crippen MR) is 115 cm³/mol. The van der Waals surface area contributed by atoms with Gasteiger partial charge in [0.25, 0.3) is 5.91 Å². The smallest absolute Gasteiger partial charge is 0.257 e. The van der Waals surface area contributed by atoms with Crippen molar-refractivity contribution in [1.82, 2.24) is 9.29 Å².